The molecule has 0 bridgehead atoms. The summed E-state index contributed by atoms with van der Waals surface area (Å²) in [7, 11) is -2.23. The van der Waals surface area contributed by atoms with Gasteiger partial charge in [-0.15, -0.1) is 0 Å². The van der Waals surface area contributed by atoms with Crippen molar-refractivity contribution >= 4 is 32.6 Å². The smallest absolute Gasteiger partial charge is 0.255 e. The Bertz CT molecular complexity index is 1520. The lowest BCUT2D eigenvalue weighted by Gasteiger charge is -2.25. The number of carbonyl (C=O) groups excluding carboxylic acids is 1. The van der Waals surface area contributed by atoms with Crippen LogP contribution in [0.5, 0.6) is 0 Å². The molecule has 0 aliphatic carbocycles. The molecular formula is C28H33FN2O8S. The number of anilines is 1. The third-order valence-corrected chi connectivity index (χ3v) is 8.09. The maximum Gasteiger partial charge on any atom is 0.255 e. The number of fused-ring (bicyclic) bond motifs is 2. The average Bonchev–Trinajstić information content (AvgIpc) is 3.39. The van der Waals surface area contributed by atoms with Crippen molar-refractivity contribution in [3.8, 4) is 11.3 Å². The van der Waals surface area contributed by atoms with Crippen molar-refractivity contribution in [2.24, 2.45) is 0 Å². The van der Waals surface area contributed by atoms with E-state index < -0.39 is 39.7 Å². The van der Waals surface area contributed by atoms with E-state index in [1.54, 1.807) is 12.1 Å². The molecular weight excluding hydrogens is 543 g/mol. The van der Waals surface area contributed by atoms with Crippen molar-refractivity contribution < 1.29 is 41.0 Å². The van der Waals surface area contributed by atoms with E-state index in [2.05, 4.69) is 5.32 Å². The van der Waals surface area contributed by atoms with Crippen LogP contribution in [-0.2, 0) is 29.0 Å². The van der Waals surface area contributed by atoms with Gasteiger partial charge < -0.3 is 28.7 Å². The van der Waals surface area contributed by atoms with Crippen LogP contribution in [-0.4, -0.2) is 72.0 Å². The summed E-state index contributed by atoms with van der Waals surface area (Å²) in [5.41, 5.74) is 2.05. The zero-order chi connectivity index (χ0) is 28.8. The number of halogens is 1. The van der Waals surface area contributed by atoms with Crippen molar-refractivity contribution in [3.05, 3.63) is 53.3 Å². The normalized spacial score (nSPS) is 22.8. The van der Waals surface area contributed by atoms with Crippen LogP contribution in [0.15, 0.2) is 40.8 Å². The first-order valence-electron chi connectivity index (χ1n) is 13.0. The highest BCUT2D eigenvalue weighted by Gasteiger charge is 2.35. The van der Waals surface area contributed by atoms with E-state index in [4.69, 9.17) is 23.4 Å². The fourth-order valence-electron chi connectivity index (χ4n) is 5.12. The molecule has 3 aromatic rings. The van der Waals surface area contributed by atoms with E-state index in [-0.39, 0.29) is 37.2 Å². The number of amides is 1. The summed E-state index contributed by atoms with van der Waals surface area (Å²) in [6.07, 6.45) is -0.215. The van der Waals surface area contributed by atoms with Gasteiger partial charge in [-0.3, -0.25) is 9.10 Å². The first kappa shape index (κ1) is 28.5. The van der Waals surface area contributed by atoms with Gasteiger partial charge in [-0.2, -0.15) is 0 Å². The fraction of sp³-hybridized carbons (Fsp3) is 0.464. The van der Waals surface area contributed by atoms with Gasteiger partial charge in [-0.25, -0.2) is 12.8 Å². The Morgan fingerprint density at radius 3 is 2.50 bits per heavy atom. The van der Waals surface area contributed by atoms with Gasteiger partial charge in [-0.05, 0) is 51.1 Å². The summed E-state index contributed by atoms with van der Waals surface area (Å²) in [6.45, 7) is 6.32. The van der Waals surface area contributed by atoms with Gasteiger partial charge in [0.05, 0.1) is 50.0 Å². The molecule has 2 aliphatic heterocycles. The number of carbonyl (C=O) groups is 1. The van der Waals surface area contributed by atoms with Gasteiger partial charge in [0.15, 0.2) is 5.79 Å². The van der Waals surface area contributed by atoms with Gasteiger partial charge in [0.1, 0.15) is 29.4 Å². The Morgan fingerprint density at radius 2 is 1.88 bits per heavy atom. The lowest BCUT2D eigenvalue weighted by Crippen LogP contribution is -2.39. The van der Waals surface area contributed by atoms with Crippen LogP contribution in [0.3, 0.4) is 0 Å². The summed E-state index contributed by atoms with van der Waals surface area (Å²) >= 11 is 0. The molecule has 3 atom stereocenters. The zero-order valence-electron chi connectivity index (χ0n) is 23.0. The largest absolute Gasteiger partial charge is 0.455 e. The minimum absolute atomic E-state index is 0.0169. The van der Waals surface area contributed by atoms with E-state index in [1.807, 2.05) is 20.8 Å². The van der Waals surface area contributed by atoms with E-state index in [0.29, 0.717) is 34.4 Å². The molecule has 10 nitrogen and oxygen atoms in total. The average molecular weight is 577 g/mol. The molecule has 5 rings (SSSR count). The molecule has 0 unspecified atom stereocenters. The van der Waals surface area contributed by atoms with Crippen LogP contribution in [0.1, 0.15) is 42.8 Å². The number of hydrogen-bond acceptors (Lipinski definition) is 8. The molecule has 2 aromatic carbocycles. The Balaban J connectivity index is 1.50. The number of ether oxygens (including phenoxy) is 4. The van der Waals surface area contributed by atoms with E-state index in [1.165, 1.54) is 35.6 Å². The fourth-order valence-corrected chi connectivity index (χ4v) is 6.07. The highest BCUT2D eigenvalue weighted by atomic mass is 32.2. The first-order valence-corrected chi connectivity index (χ1v) is 14.8. The maximum absolute atomic E-state index is 13.6. The van der Waals surface area contributed by atoms with Crippen molar-refractivity contribution in [1.82, 2.24) is 5.32 Å². The molecule has 0 radical (unpaired) electrons. The number of sulfonamides is 1. The number of nitrogens with zero attached hydrogens (tertiary/aromatic N) is 1. The standard InChI is InChI=1S/C28H33FN2O8S/c1-16-21-10-22-24(38-26(25(22)27(32)30-4)17-6-8-18(29)9-7-17)11-23(21)31(40(5,33)34)12-19(37-16)13-35-14-20-15-36-28(2,3)39-20/h6-11,16,19-20H,12-15H2,1-5H3,(H,30,32)/t16-,19-,20+/m0/s1. The predicted molar refractivity (Wildman–Crippen MR) is 146 cm³/mol. The molecule has 12 heteroatoms. The minimum atomic E-state index is -3.73. The van der Waals surface area contributed by atoms with Gasteiger partial charge in [0.2, 0.25) is 10.0 Å². The second-order valence-corrected chi connectivity index (χ2v) is 12.4. The minimum Gasteiger partial charge on any atom is -0.455 e. The Hall–Kier alpha value is -3.03. The third kappa shape index (κ3) is 5.72. The summed E-state index contributed by atoms with van der Waals surface area (Å²) < 4.78 is 70.4. The van der Waals surface area contributed by atoms with Gasteiger partial charge >= 0.3 is 0 Å². The number of furan rings is 1. The van der Waals surface area contributed by atoms with Crippen LogP contribution in [0.4, 0.5) is 10.1 Å². The zero-order valence-corrected chi connectivity index (χ0v) is 23.8. The molecule has 1 N–H and O–H groups in total. The van der Waals surface area contributed by atoms with Crippen molar-refractivity contribution in [2.75, 3.05) is 44.0 Å². The molecule has 40 heavy (non-hydrogen) atoms. The molecule has 0 spiro atoms. The van der Waals surface area contributed by atoms with E-state index in [9.17, 15) is 17.6 Å². The molecule has 2 aliphatic rings. The second kappa shape index (κ2) is 10.7. The summed E-state index contributed by atoms with van der Waals surface area (Å²) in [6, 6.07) is 8.94. The van der Waals surface area contributed by atoms with Crippen molar-refractivity contribution in [3.63, 3.8) is 0 Å². The SMILES string of the molecule is CNC(=O)c1c(-c2ccc(F)cc2)oc2cc3c(cc12)[C@H](C)O[C@H](COC[C@@H]1COC(C)(C)O1)CN3S(C)(=O)=O. The Morgan fingerprint density at radius 1 is 1.18 bits per heavy atom. The molecule has 1 aromatic heterocycles. The van der Waals surface area contributed by atoms with Crippen LogP contribution < -0.4 is 9.62 Å². The van der Waals surface area contributed by atoms with Crippen LogP contribution in [0, 0.1) is 5.82 Å². The van der Waals surface area contributed by atoms with Crippen LogP contribution >= 0.6 is 0 Å². The quantitative estimate of drug-likeness (QED) is 0.449. The maximum atomic E-state index is 13.6. The van der Waals surface area contributed by atoms with Crippen LogP contribution in [0.2, 0.25) is 0 Å². The first-order chi connectivity index (χ1) is 18.9. The van der Waals surface area contributed by atoms with E-state index >= 15 is 0 Å². The summed E-state index contributed by atoms with van der Waals surface area (Å²) in [5, 5.41) is 3.11. The second-order valence-electron chi connectivity index (χ2n) is 10.5. The number of nitrogens with one attached hydrogen (secondary N) is 1. The predicted octanol–water partition coefficient (Wildman–Crippen LogP) is 3.99. The highest BCUT2D eigenvalue weighted by molar-refractivity contribution is 7.92. The lowest BCUT2D eigenvalue weighted by molar-refractivity contribution is -0.147. The van der Waals surface area contributed by atoms with Crippen molar-refractivity contribution in [2.45, 2.75) is 44.9 Å². The molecule has 1 fully saturated rings. The molecule has 0 saturated carbocycles. The highest BCUT2D eigenvalue weighted by Crippen LogP contribution is 2.42. The summed E-state index contributed by atoms with van der Waals surface area (Å²) in [4.78, 5) is 13.0. The van der Waals surface area contributed by atoms with E-state index in [0.717, 1.165) is 6.26 Å². The summed E-state index contributed by atoms with van der Waals surface area (Å²) in [5.74, 6) is -1.24. The van der Waals surface area contributed by atoms with Gasteiger partial charge in [0, 0.05) is 29.6 Å². The number of benzene rings is 2. The van der Waals surface area contributed by atoms with Gasteiger partial charge in [0.25, 0.3) is 5.91 Å². The van der Waals surface area contributed by atoms with Crippen LogP contribution in [0.25, 0.3) is 22.3 Å². The molecule has 216 valence electrons. The van der Waals surface area contributed by atoms with Crippen molar-refractivity contribution in [1.29, 1.82) is 0 Å². The molecule has 3 heterocycles. The number of hydrogen-bond donors (Lipinski definition) is 1. The molecule has 1 saturated heterocycles. The third-order valence-electron chi connectivity index (χ3n) is 6.95. The monoisotopic (exact) mass is 576 g/mol. The Labute approximate surface area is 232 Å². The molecule has 1 amide bonds. The number of rotatable bonds is 7. The van der Waals surface area contributed by atoms with Gasteiger partial charge in [-0.1, -0.05) is 0 Å². The lowest BCUT2D eigenvalue weighted by atomic mass is 10.0. The topological polar surface area (TPSA) is 117 Å². The Kier molecular flexibility index (Phi) is 7.66.